The molecule has 1 atom stereocenters. The van der Waals surface area contributed by atoms with Crippen LogP contribution in [0, 0.1) is 0 Å². The Labute approximate surface area is 161 Å². The van der Waals surface area contributed by atoms with E-state index in [9.17, 15) is 9.59 Å². The third-order valence-electron chi connectivity index (χ3n) is 3.83. The Kier molecular flexibility index (Phi) is 7.05. The lowest BCUT2D eigenvalue weighted by Crippen LogP contribution is -2.32. The Morgan fingerprint density at radius 2 is 1.41 bits per heavy atom. The summed E-state index contributed by atoms with van der Waals surface area (Å²) in [4.78, 5) is 29.0. The third kappa shape index (κ3) is 6.81. The number of ketones is 1. The Morgan fingerprint density at radius 3 is 1.81 bits per heavy atom. The molecule has 2 rings (SSSR count). The third-order valence-corrected chi connectivity index (χ3v) is 3.83. The van der Waals surface area contributed by atoms with Gasteiger partial charge in [-0.2, -0.15) is 0 Å². The molecule has 27 heavy (non-hydrogen) atoms. The Hall–Kier alpha value is -2.75. The van der Waals surface area contributed by atoms with E-state index in [1.165, 1.54) is 6.92 Å². The van der Waals surface area contributed by atoms with Gasteiger partial charge in [-0.05, 0) is 34.1 Å². The molecule has 0 amide bonds. The molecule has 0 aliphatic carbocycles. The van der Waals surface area contributed by atoms with Crippen LogP contribution in [-0.4, -0.2) is 29.1 Å². The summed E-state index contributed by atoms with van der Waals surface area (Å²) < 4.78 is 5.55. The number of Topliss-reactive ketones (excluding diaryl/α,β-unsaturated/α-hetero) is 1. The van der Waals surface area contributed by atoms with Gasteiger partial charge in [-0.15, -0.1) is 0 Å². The summed E-state index contributed by atoms with van der Waals surface area (Å²) in [5.41, 5.74) is 1.94. The Bertz CT molecular complexity index is 748. The van der Waals surface area contributed by atoms with Gasteiger partial charge in [-0.3, -0.25) is 4.99 Å². The maximum atomic E-state index is 12.7. The molecular formula is C23H27NO3. The molecule has 0 N–H and O–H groups in total. The minimum Gasteiger partial charge on any atom is -0.458 e. The van der Waals surface area contributed by atoms with Crippen LogP contribution in [0.4, 0.5) is 0 Å². The number of benzene rings is 2. The first-order chi connectivity index (χ1) is 12.8. The van der Waals surface area contributed by atoms with Crippen LogP contribution in [0.5, 0.6) is 0 Å². The van der Waals surface area contributed by atoms with E-state index < -0.39 is 17.6 Å². The highest BCUT2D eigenvalue weighted by Gasteiger charge is 2.26. The zero-order valence-electron chi connectivity index (χ0n) is 16.4. The number of hydrogen-bond acceptors (Lipinski definition) is 4. The normalized spacial score (nSPS) is 12.1. The average molecular weight is 365 g/mol. The van der Waals surface area contributed by atoms with Gasteiger partial charge in [0.1, 0.15) is 17.4 Å². The van der Waals surface area contributed by atoms with Crippen molar-refractivity contribution in [2.24, 2.45) is 4.99 Å². The lowest BCUT2D eigenvalue weighted by Gasteiger charge is -2.23. The maximum Gasteiger partial charge on any atom is 0.331 e. The summed E-state index contributed by atoms with van der Waals surface area (Å²) in [6.45, 7) is 7.00. The summed E-state index contributed by atoms with van der Waals surface area (Å²) in [5, 5.41) is 0. The van der Waals surface area contributed by atoms with Crippen molar-refractivity contribution in [3.8, 4) is 0 Å². The molecule has 0 bridgehead atoms. The number of carbonyl (C=O) groups excluding carboxylic acids is 2. The second-order valence-electron chi connectivity index (χ2n) is 7.50. The molecule has 4 nitrogen and oxygen atoms in total. The molecular weight excluding hydrogens is 338 g/mol. The van der Waals surface area contributed by atoms with Gasteiger partial charge < -0.3 is 9.53 Å². The Morgan fingerprint density at radius 1 is 0.926 bits per heavy atom. The second kappa shape index (κ2) is 9.26. The van der Waals surface area contributed by atoms with Gasteiger partial charge >= 0.3 is 5.97 Å². The number of ether oxygens (including phenoxy) is 1. The first kappa shape index (κ1) is 20.6. The highest BCUT2D eigenvalue weighted by molar-refractivity contribution is 6.13. The van der Waals surface area contributed by atoms with Gasteiger partial charge in [-0.1, -0.05) is 60.7 Å². The van der Waals surface area contributed by atoms with Gasteiger partial charge in [0.05, 0.1) is 5.71 Å². The van der Waals surface area contributed by atoms with Crippen molar-refractivity contribution in [1.82, 2.24) is 0 Å². The van der Waals surface area contributed by atoms with E-state index in [4.69, 9.17) is 9.73 Å². The van der Waals surface area contributed by atoms with Crippen LogP contribution in [0.15, 0.2) is 65.7 Å². The van der Waals surface area contributed by atoms with E-state index >= 15 is 0 Å². The topological polar surface area (TPSA) is 55.7 Å². The van der Waals surface area contributed by atoms with Crippen molar-refractivity contribution in [3.63, 3.8) is 0 Å². The maximum absolute atomic E-state index is 12.7. The molecule has 142 valence electrons. The number of rotatable bonds is 7. The van der Waals surface area contributed by atoms with Crippen molar-refractivity contribution in [2.75, 3.05) is 0 Å². The highest BCUT2D eigenvalue weighted by Crippen LogP contribution is 2.17. The molecule has 0 aromatic heterocycles. The van der Waals surface area contributed by atoms with E-state index in [1.807, 2.05) is 81.4 Å². The fraction of sp³-hybridized carbons (Fsp3) is 0.348. The van der Waals surface area contributed by atoms with Crippen LogP contribution in [0.25, 0.3) is 0 Å². The number of hydrogen-bond donors (Lipinski definition) is 0. The zero-order valence-corrected chi connectivity index (χ0v) is 16.4. The molecule has 0 saturated carbocycles. The molecule has 0 saturated heterocycles. The molecule has 0 aliphatic rings. The summed E-state index contributed by atoms with van der Waals surface area (Å²) in [6.07, 6.45) is 0.609. The highest BCUT2D eigenvalue weighted by atomic mass is 16.6. The minimum absolute atomic E-state index is 0.0275. The van der Waals surface area contributed by atoms with Gasteiger partial charge in [0.15, 0.2) is 0 Å². The fourth-order valence-electron chi connectivity index (χ4n) is 2.61. The fourth-order valence-corrected chi connectivity index (χ4v) is 2.61. The SMILES string of the molecule is CC(=O)CC[C@H](N=C(c1ccccc1)c1ccccc1)C(=O)OC(C)(C)C. The van der Waals surface area contributed by atoms with Gasteiger partial charge in [0.2, 0.25) is 0 Å². The molecule has 2 aromatic rings. The molecule has 0 spiro atoms. The summed E-state index contributed by atoms with van der Waals surface area (Å²) >= 11 is 0. The number of esters is 1. The second-order valence-corrected chi connectivity index (χ2v) is 7.50. The van der Waals surface area contributed by atoms with Crippen LogP contribution in [0.2, 0.25) is 0 Å². The van der Waals surface area contributed by atoms with E-state index in [0.717, 1.165) is 16.8 Å². The lowest BCUT2D eigenvalue weighted by atomic mass is 10.0. The predicted octanol–water partition coefficient (Wildman–Crippen LogP) is 4.60. The van der Waals surface area contributed by atoms with Crippen molar-refractivity contribution < 1.29 is 14.3 Å². The van der Waals surface area contributed by atoms with Crippen molar-refractivity contribution >= 4 is 17.5 Å². The molecule has 0 radical (unpaired) electrons. The molecule has 0 unspecified atom stereocenters. The molecule has 4 heteroatoms. The Balaban J connectivity index is 2.46. The minimum atomic E-state index is -0.733. The van der Waals surface area contributed by atoms with E-state index in [0.29, 0.717) is 6.42 Å². The van der Waals surface area contributed by atoms with E-state index in [-0.39, 0.29) is 12.2 Å². The van der Waals surface area contributed by atoms with Crippen LogP contribution < -0.4 is 0 Å². The quantitative estimate of drug-likeness (QED) is 0.532. The van der Waals surface area contributed by atoms with E-state index in [2.05, 4.69) is 0 Å². The average Bonchev–Trinajstić information content (AvgIpc) is 2.61. The van der Waals surface area contributed by atoms with Crippen LogP contribution in [0.1, 0.15) is 51.7 Å². The van der Waals surface area contributed by atoms with Gasteiger partial charge in [0, 0.05) is 17.5 Å². The standard InChI is InChI=1S/C23H27NO3/c1-17(25)15-16-20(22(26)27-23(2,3)4)24-21(18-11-7-5-8-12-18)19-13-9-6-10-14-19/h5-14,20H,15-16H2,1-4H3/t20-/m0/s1. The van der Waals surface area contributed by atoms with Gasteiger partial charge in [-0.25, -0.2) is 4.79 Å². The smallest absolute Gasteiger partial charge is 0.331 e. The molecule has 2 aromatic carbocycles. The first-order valence-corrected chi connectivity index (χ1v) is 9.17. The van der Waals surface area contributed by atoms with Crippen molar-refractivity contribution in [1.29, 1.82) is 0 Å². The predicted molar refractivity (Wildman–Crippen MR) is 108 cm³/mol. The van der Waals surface area contributed by atoms with Crippen LogP contribution in [0.3, 0.4) is 0 Å². The van der Waals surface area contributed by atoms with Crippen molar-refractivity contribution in [3.05, 3.63) is 71.8 Å². The molecule has 0 fully saturated rings. The first-order valence-electron chi connectivity index (χ1n) is 9.17. The molecule has 0 heterocycles. The summed E-state index contributed by atoms with van der Waals surface area (Å²) in [7, 11) is 0. The largest absolute Gasteiger partial charge is 0.458 e. The van der Waals surface area contributed by atoms with Crippen molar-refractivity contribution in [2.45, 2.75) is 52.2 Å². The van der Waals surface area contributed by atoms with Gasteiger partial charge in [0.25, 0.3) is 0 Å². The summed E-state index contributed by atoms with van der Waals surface area (Å²) in [5.74, 6) is -0.382. The number of carbonyl (C=O) groups is 2. The number of aliphatic imine (C=N–C) groups is 1. The monoisotopic (exact) mass is 365 g/mol. The summed E-state index contributed by atoms with van der Waals surface area (Å²) in [6, 6.07) is 18.7. The number of nitrogens with zero attached hydrogens (tertiary/aromatic N) is 1. The molecule has 0 aliphatic heterocycles. The van der Waals surface area contributed by atoms with Crippen LogP contribution >= 0.6 is 0 Å². The van der Waals surface area contributed by atoms with Crippen LogP contribution in [-0.2, 0) is 14.3 Å². The lowest BCUT2D eigenvalue weighted by molar-refractivity contribution is -0.156. The zero-order chi connectivity index (χ0) is 19.9. The van der Waals surface area contributed by atoms with E-state index in [1.54, 1.807) is 0 Å².